The van der Waals surface area contributed by atoms with E-state index in [4.69, 9.17) is 0 Å². The van der Waals surface area contributed by atoms with Crippen molar-refractivity contribution in [3.05, 3.63) is 62.9 Å². The highest BCUT2D eigenvalue weighted by atomic mass is 127. The van der Waals surface area contributed by atoms with Crippen LogP contribution in [0.1, 0.15) is 11.1 Å². The highest BCUT2D eigenvalue weighted by Gasteiger charge is 2.37. The molecule has 2 aromatic rings. The van der Waals surface area contributed by atoms with Crippen molar-refractivity contribution in [3.63, 3.8) is 0 Å². The predicted molar refractivity (Wildman–Crippen MR) is 97.9 cm³/mol. The monoisotopic (exact) mass is 417 g/mol. The zero-order valence-corrected chi connectivity index (χ0v) is 14.3. The van der Waals surface area contributed by atoms with Crippen LogP contribution in [0.15, 0.2) is 53.3 Å². The Morgan fingerprint density at radius 1 is 1.13 bits per heavy atom. The maximum Gasteiger partial charge on any atom is 0.260 e. The quantitative estimate of drug-likeness (QED) is 0.299. The molecule has 2 aliphatic heterocycles. The van der Waals surface area contributed by atoms with E-state index in [1.807, 2.05) is 42.5 Å². The first-order valence-electron chi connectivity index (χ1n) is 7.03. The van der Waals surface area contributed by atoms with Gasteiger partial charge in [0, 0.05) is 27.4 Å². The number of carbonyl (C=O) groups excluding carboxylic acids is 1. The number of hydrogen-bond acceptors (Lipinski definition) is 4. The standard InChI is InChI=1S/C17H12IN3O2/c1-21-16-10(6-4-7-11(16)18)13(17(21)22)15-14(20-23)9-5-2-3-8-12(9)19-15/h2-8,19,23H,1H3/b15-13-,20-14-. The van der Waals surface area contributed by atoms with E-state index < -0.39 is 0 Å². The fourth-order valence-corrected chi connectivity index (χ4v) is 3.96. The molecule has 6 heteroatoms. The minimum Gasteiger partial charge on any atom is -0.410 e. The van der Waals surface area contributed by atoms with Gasteiger partial charge in [-0.15, -0.1) is 0 Å². The number of benzene rings is 2. The summed E-state index contributed by atoms with van der Waals surface area (Å²) in [5.41, 5.74) is 4.82. The molecule has 2 N–H and O–H groups in total. The van der Waals surface area contributed by atoms with Crippen molar-refractivity contribution in [2.75, 3.05) is 17.3 Å². The van der Waals surface area contributed by atoms with Gasteiger partial charge in [0.15, 0.2) is 0 Å². The van der Waals surface area contributed by atoms with E-state index in [9.17, 15) is 10.0 Å². The van der Waals surface area contributed by atoms with Crippen LogP contribution in [0.2, 0.25) is 0 Å². The van der Waals surface area contributed by atoms with Gasteiger partial charge < -0.3 is 15.4 Å². The number of rotatable bonds is 0. The van der Waals surface area contributed by atoms with Crippen LogP contribution in [-0.4, -0.2) is 23.9 Å². The lowest BCUT2D eigenvalue weighted by atomic mass is 10.0. The van der Waals surface area contributed by atoms with E-state index >= 15 is 0 Å². The summed E-state index contributed by atoms with van der Waals surface area (Å²) in [6, 6.07) is 13.3. The number of nitrogens with one attached hydrogen (secondary N) is 1. The van der Waals surface area contributed by atoms with Crippen molar-refractivity contribution in [2.45, 2.75) is 0 Å². The lowest BCUT2D eigenvalue weighted by Gasteiger charge is -2.10. The lowest BCUT2D eigenvalue weighted by molar-refractivity contribution is -0.112. The molecule has 1 amide bonds. The summed E-state index contributed by atoms with van der Waals surface area (Å²) in [5, 5.41) is 16.1. The number of likely N-dealkylation sites (N-methyl/N-ethyl adjacent to an activating group) is 1. The maximum atomic E-state index is 12.8. The second-order valence-corrected chi connectivity index (χ2v) is 6.53. The minimum atomic E-state index is -0.111. The van der Waals surface area contributed by atoms with Gasteiger partial charge in [0.2, 0.25) is 0 Å². The number of hydrogen-bond donors (Lipinski definition) is 2. The first kappa shape index (κ1) is 14.3. The molecule has 0 bridgehead atoms. The smallest absolute Gasteiger partial charge is 0.260 e. The first-order valence-corrected chi connectivity index (χ1v) is 8.11. The molecule has 114 valence electrons. The Labute approximate surface area is 146 Å². The number of halogens is 1. The number of allylic oxidation sites excluding steroid dienone is 1. The van der Waals surface area contributed by atoms with Gasteiger partial charge >= 0.3 is 0 Å². The second-order valence-electron chi connectivity index (χ2n) is 5.37. The average Bonchev–Trinajstić information content (AvgIpc) is 3.04. The summed E-state index contributed by atoms with van der Waals surface area (Å²) in [5.74, 6) is -0.111. The van der Waals surface area contributed by atoms with Gasteiger partial charge in [0.05, 0.1) is 17.0 Å². The molecule has 4 rings (SSSR count). The molecule has 0 spiro atoms. The number of oxime groups is 1. The molecule has 0 fully saturated rings. The van der Waals surface area contributed by atoms with Gasteiger partial charge in [-0.3, -0.25) is 4.79 Å². The van der Waals surface area contributed by atoms with Crippen molar-refractivity contribution in [1.82, 2.24) is 0 Å². The molecule has 0 saturated heterocycles. The minimum absolute atomic E-state index is 0.111. The van der Waals surface area contributed by atoms with Crippen molar-refractivity contribution in [3.8, 4) is 0 Å². The van der Waals surface area contributed by atoms with Crippen LogP contribution in [0.5, 0.6) is 0 Å². The highest BCUT2D eigenvalue weighted by Crippen LogP contribution is 2.43. The van der Waals surface area contributed by atoms with E-state index in [0.29, 0.717) is 17.0 Å². The summed E-state index contributed by atoms with van der Waals surface area (Å²) < 4.78 is 1.00. The average molecular weight is 417 g/mol. The van der Waals surface area contributed by atoms with Gasteiger partial charge in [-0.2, -0.15) is 0 Å². The van der Waals surface area contributed by atoms with Crippen LogP contribution < -0.4 is 10.2 Å². The molecule has 2 heterocycles. The maximum absolute atomic E-state index is 12.8. The second kappa shape index (κ2) is 5.09. The van der Waals surface area contributed by atoms with Gasteiger partial charge in [0.25, 0.3) is 5.91 Å². The van der Waals surface area contributed by atoms with Gasteiger partial charge in [-0.05, 0) is 34.7 Å². The number of amides is 1. The molecular formula is C17H12IN3O2. The Morgan fingerprint density at radius 2 is 1.87 bits per heavy atom. The fraction of sp³-hybridized carbons (Fsp3) is 0.0588. The molecule has 0 radical (unpaired) electrons. The Hall–Kier alpha value is -2.35. The van der Waals surface area contributed by atoms with E-state index in [1.165, 1.54) is 0 Å². The molecule has 0 saturated carbocycles. The summed E-state index contributed by atoms with van der Waals surface area (Å²) >= 11 is 2.22. The van der Waals surface area contributed by atoms with E-state index in [0.717, 1.165) is 26.1 Å². The van der Waals surface area contributed by atoms with Crippen LogP contribution in [0.4, 0.5) is 11.4 Å². The van der Waals surface area contributed by atoms with Crippen LogP contribution in [0.25, 0.3) is 5.57 Å². The number of anilines is 2. The number of fused-ring (bicyclic) bond motifs is 2. The molecule has 0 unspecified atom stereocenters. The molecule has 5 nitrogen and oxygen atoms in total. The molecule has 0 aliphatic carbocycles. The third-order valence-electron chi connectivity index (χ3n) is 4.14. The Bertz CT molecular complexity index is 918. The Morgan fingerprint density at radius 3 is 2.65 bits per heavy atom. The molecule has 0 atom stereocenters. The van der Waals surface area contributed by atoms with E-state index in [1.54, 1.807) is 11.9 Å². The van der Waals surface area contributed by atoms with Crippen LogP contribution in [0, 0.1) is 3.57 Å². The largest absolute Gasteiger partial charge is 0.410 e. The summed E-state index contributed by atoms with van der Waals surface area (Å²) in [7, 11) is 1.76. The van der Waals surface area contributed by atoms with Crippen LogP contribution in [-0.2, 0) is 4.79 Å². The predicted octanol–water partition coefficient (Wildman–Crippen LogP) is 3.28. The summed E-state index contributed by atoms with van der Waals surface area (Å²) in [6.07, 6.45) is 0. The zero-order chi connectivity index (χ0) is 16.1. The van der Waals surface area contributed by atoms with Crippen molar-refractivity contribution >= 4 is 51.2 Å². The third-order valence-corrected chi connectivity index (χ3v) is 5.01. The highest BCUT2D eigenvalue weighted by molar-refractivity contribution is 14.1. The Kier molecular flexibility index (Phi) is 3.15. The summed E-state index contributed by atoms with van der Waals surface area (Å²) in [4.78, 5) is 14.4. The van der Waals surface area contributed by atoms with Crippen molar-refractivity contribution < 1.29 is 10.0 Å². The zero-order valence-electron chi connectivity index (χ0n) is 12.2. The number of carbonyl (C=O) groups is 1. The topological polar surface area (TPSA) is 64.9 Å². The van der Waals surface area contributed by atoms with E-state index in [-0.39, 0.29) is 5.91 Å². The molecular weight excluding hydrogens is 405 g/mol. The molecule has 2 aliphatic rings. The van der Waals surface area contributed by atoms with Crippen LogP contribution >= 0.6 is 22.6 Å². The van der Waals surface area contributed by atoms with E-state index in [2.05, 4.69) is 33.1 Å². The fourth-order valence-electron chi connectivity index (χ4n) is 3.10. The van der Waals surface area contributed by atoms with Crippen molar-refractivity contribution in [2.24, 2.45) is 5.16 Å². The summed E-state index contributed by atoms with van der Waals surface area (Å²) in [6.45, 7) is 0. The van der Waals surface area contributed by atoms with Gasteiger partial charge in [-0.1, -0.05) is 35.5 Å². The van der Waals surface area contributed by atoms with Gasteiger partial charge in [0.1, 0.15) is 5.71 Å². The first-order chi connectivity index (χ1) is 11.1. The molecule has 2 aromatic carbocycles. The normalized spacial score (nSPS) is 20.7. The molecule has 23 heavy (non-hydrogen) atoms. The Balaban J connectivity index is 2.01. The number of nitrogens with zero attached hydrogens (tertiary/aromatic N) is 2. The number of para-hydroxylation sites is 2. The SMILES string of the molecule is CN1C(=O)/C(=C2\Nc3ccccc3\C2=N\O)c2cccc(I)c21. The van der Waals surface area contributed by atoms with Crippen molar-refractivity contribution in [1.29, 1.82) is 0 Å². The third kappa shape index (κ3) is 1.91. The van der Waals surface area contributed by atoms with Crippen LogP contribution in [0.3, 0.4) is 0 Å². The van der Waals surface area contributed by atoms with Gasteiger partial charge in [-0.25, -0.2) is 0 Å². The molecule has 0 aromatic heterocycles. The lowest BCUT2D eigenvalue weighted by Crippen LogP contribution is -2.22.